The van der Waals surface area contributed by atoms with Crippen LogP contribution in [0.4, 0.5) is 5.13 Å². The number of benzene rings is 3. The van der Waals surface area contributed by atoms with Crippen molar-refractivity contribution in [1.82, 2.24) is 10.2 Å². The molecule has 0 saturated carbocycles. The number of phenolic OH excluding ortho intramolecular Hbond substituents is 1. The van der Waals surface area contributed by atoms with Gasteiger partial charge in [-0.3, -0.25) is 14.5 Å². The Hall–Kier alpha value is -4.32. The number of amides is 1. The van der Waals surface area contributed by atoms with Gasteiger partial charge < -0.3 is 19.4 Å². The first-order valence-electron chi connectivity index (χ1n) is 12.8. The Morgan fingerprint density at radius 2 is 1.88 bits per heavy atom. The second-order valence-corrected chi connectivity index (χ2v) is 11.8. The normalized spacial score (nSPS) is 15.1. The molecule has 1 aliphatic heterocycles. The molecule has 9 nitrogen and oxygen atoms in total. The van der Waals surface area contributed by atoms with Crippen LogP contribution in [0.2, 0.25) is 5.02 Å². The number of furan rings is 1. The van der Waals surface area contributed by atoms with Gasteiger partial charge in [0.25, 0.3) is 5.91 Å². The number of nitrogens with zero attached hydrogens (tertiary/aromatic N) is 3. The van der Waals surface area contributed by atoms with E-state index < -0.39 is 23.5 Å². The van der Waals surface area contributed by atoms with Crippen molar-refractivity contribution in [2.75, 3.05) is 11.5 Å². The summed E-state index contributed by atoms with van der Waals surface area (Å²) in [6, 6.07) is 19.5. The summed E-state index contributed by atoms with van der Waals surface area (Å²) in [5, 5.41) is 31.4. The Morgan fingerprint density at radius 1 is 1.10 bits per heavy atom. The minimum Gasteiger partial charge on any atom is -0.504 e. The Balaban J connectivity index is 1.40. The number of thioether (sulfide) groups is 1. The second kappa shape index (κ2) is 11.5. The van der Waals surface area contributed by atoms with Crippen molar-refractivity contribution in [3.8, 4) is 11.5 Å². The number of phenols is 1. The molecule has 3 heterocycles. The number of ether oxygens (including phenoxy) is 1. The molecule has 1 amide bonds. The van der Waals surface area contributed by atoms with Gasteiger partial charge in [-0.05, 0) is 48.4 Å². The number of fused-ring (bicyclic) bond motifs is 1. The standard InChI is InChI=1S/C30H22ClN3O6S2/c1-2-39-22-14-17(11-12-20(22)35)25-24(26(36)23-13-16-7-4-6-10-21(16)40-23)27(37)28(38)34(25)29-32-33-30(42-29)41-15-18-8-3-5-9-19(18)31/h3-14,25,35,37H,2,15H2,1H3/t25-/m1/s1. The average Bonchev–Trinajstić information content (AvgIpc) is 3.70. The number of rotatable bonds is 9. The van der Waals surface area contributed by atoms with Crippen LogP contribution < -0.4 is 9.64 Å². The fraction of sp³-hybridized carbons (Fsp3) is 0.133. The zero-order valence-electron chi connectivity index (χ0n) is 22.0. The van der Waals surface area contributed by atoms with Crippen molar-refractivity contribution in [1.29, 1.82) is 0 Å². The third-order valence-electron chi connectivity index (χ3n) is 6.61. The Labute approximate surface area is 253 Å². The number of aliphatic hydroxyl groups is 1. The Bertz CT molecular complexity index is 1830. The topological polar surface area (TPSA) is 126 Å². The van der Waals surface area contributed by atoms with Gasteiger partial charge >= 0.3 is 0 Å². The average molecular weight is 620 g/mol. The molecule has 42 heavy (non-hydrogen) atoms. The summed E-state index contributed by atoms with van der Waals surface area (Å²) in [7, 11) is 0. The molecule has 2 aromatic heterocycles. The molecule has 0 unspecified atom stereocenters. The minimum atomic E-state index is -1.10. The molecule has 0 radical (unpaired) electrons. The number of para-hydroxylation sites is 1. The van der Waals surface area contributed by atoms with E-state index in [2.05, 4.69) is 10.2 Å². The lowest BCUT2D eigenvalue weighted by atomic mass is 9.95. The molecule has 212 valence electrons. The lowest BCUT2D eigenvalue weighted by Gasteiger charge is -2.24. The lowest BCUT2D eigenvalue weighted by molar-refractivity contribution is -0.117. The quantitative estimate of drug-likeness (QED) is 0.101. The van der Waals surface area contributed by atoms with Gasteiger partial charge in [0, 0.05) is 16.2 Å². The predicted molar refractivity (Wildman–Crippen MR) is 161 cm³/mol. The third-order valence-corrected chi connectivity index (χ3v) is 9.09. The molecule has 0 aliphatic carbocycles. The number of hydrogen-bond donors (Lipinski definition) is 2. The van der Waals surface area contributed by atoms with Crippen LogP contribution in [0.1, 0.15) is 34.6 Å². The minimum absolute atomic E-state index is 0.0329. The van der Waals surface area contributed by atoms with Crippen molar-refractivity contribution in [3.05, 3.63) is 106 Å². The van der Waals surface area contributed by atoms with Crippen LogP contribution in [-0.2, 0) is 10.5 Å². The molecule has 1 aliphatic rings. The number of carbonyl (C=O) groups is 2. The molecule has 0 bridgehead atoms. The van der Waals surface area contributed by atoms with Gasteiger partial charge in [0.1, 0.15) is 5.58 Å². The van der Waals surface area contributed by atoms with Crippen LogP contribution >= 0.6 is 34.7 Å². The van der Waals surface area contributed by atoms with Gasteiger partial charge in [0.05, 0.1) is 18.2 Å². The lowest BCUT2D eigenvalue weighted by Crippen LogP contribution is -2.31. The predicted octanol–water partition coefficient (Wildman–Crippen LogP) is 7.12. The molecule has 0 spiro atoms. The first kappa shape index (κ1) is 27.8. The van der Waals surface area contributed by atoms with E-state index in [0.717, 1.165) is 16.9 Å². The van der Waals surface area contributed by atoms with E-state index in [9.17, 15) is 19.8 Å². The number of ketones is 1. The van der Waals surface area contributed by atoms with Crippen LogP contribution in [0.15, 0.2) is 92.9 Å². The molecule has 5 aromatic rings. The number of aliphatic hydroxyl groups excluding tert-OH is 1. The Morgan fingerprint density at radius 3 is 2.67 bits per heavy atom. The molecule has 6 rings (SSSR count). The molecular weight excluding hydrogens is 598 g/mol. The summed E-state index contributed by atoms with van der Waals surface area (Å²) in [6.07, 6.45) is 0. The highest BCUT2D eigenvalue weighted by molar-refractivity contribution is 8.00. The van der Waals surface area contributed by atoms with E-state index in [1.165, 1.54) is 28.8 Å². The number of halogens is 1. The maximum absolute atomic E-state index is 13.9. The molecule has 1 atom stereocenters. The summed E-state index contributed by atoms with van der Waals surface area (Å²) >= 11 is 8.83. The fourth-order valence-electron chi connectivity index (χ4n) is 4.66. The van der Waals surface area contributed by atoms with Gasteiger partial charge in [-0.1, -0.05) is 77.2 Å². The van der Waals surface area contributed by atoms with Crippen LogP contribution in [0.5, 0.6) is 11.5 Å². The molecule has 3 aromatic carbocycles. The van der Waals surface area contributed by atoms with E-state index in [4.69, 9.17) is 20.8 Å². The van der Waals surface area contributed by atoms with Crippen molar-refractivity contribution < 1.29 is 29.0 Å². The Kier molecular flexibility index (Phi) is 7.63. The number of Topliss-reactive ketones (excluding diaryl/α,β-unsaturated/α-hetero) is 1. The van der Waals surface area contributed by atoms with Gasteiger partial charge in [-0.25, -0.2) is 0 Å². The van der Waals surface area contributed by atoms with E-state index in [1.54, 1.807) is 43.3 Å². The van der Waals surface area contributed by atoms with E-state index in [1.807, 2.05) is 24.3 Å². The number of carbonyl (C=O) groups excluding carboxylic acids is 2. The highest BCUT2D eigenvalue weighted by Crippen LogP contribution is 2.45. The maximum Gasteiger partial charge on any atom is 0.296 e. The van der Waals surface area contributed by atoms with Gasteiger partial charge in [-0.2, -0.15) is 0 Å². The van der Waals surface area contributed by atoms with Crippen molar-refractivity contribution >= 4 is 62.5 Å². The van der Waals surface area contributed by atoms with E-state index in [-0.39, 0.29) is 34.6 Å². The summed E-state index contributed by atoms with van der Waals surface area (Å²) in [6.45, 7) is 2.04. The SMILES string of the molecule is CCOc1cc([C@@H]2C(C(=O)c3cc4ccccc4o3)=C(O)C(=O)N2c2nnc(SCc3ccccc3Cl)s2)ccc1O. The highest BCUT2D eigenvalue weighted by atomic mass is 35.5. The van der Waals surface area contributed by atoms with E-state index in [0.29, 0.717) is 31.6 Å². The maximum atomic E-state index is 13.9. The fourth-order valence-corrected chi connectivity index (χ4v) is 6.81. The van der Waals surface area contributed by atoms with Gasteiger partial charge in [0.15, 0.2) is 27.4 Å². The first-order valence-corrected chi connectivity index (χ1v) is 15.0. The molecule has 12 heteroatoms. The van der Waals surface area contributed by atoms with Crippen LogP contribution in [0.3, 0.4) is 0 Å². The molecule has 0 fully saturated rings. The largest absolute Gasteiger partial charge is 0.504 e. The van der Waals surface area contributed by atoms with Gasteiger partial charge in [-0.15, -0.1) is 10.2 Å². The zero-order chi connectivity index (χ0) is 29.4. The number of aromatic hydroxyl groups is 1. The highest BCUT2D eigenvalue weighted by Gasteiger charge is 2.47. The van der Waals surface area contributed by atoms with Crippen LogP contribution in [-0.4, -0.2) is 38.7 Å². The number of anilines is 1. The van der Waals surface area contributed by atoms with Crippen LogP contribution in [0.25, 0.3) is 11.0 Å². The van der Waals surface area contributed by atoms with Crippen molar-refractivity contribution in [2.45, 2.75) is 23.1 Å². The summed E-state index contributed by atoms with van der Waals surface area (Å²) in [5.41, 5.74) is 1.63. The summed E-state index contributed by atoms with van der Waals surface area (Å²) in [4.78, 5) is 28.7. The van der Waals surface area contributed by atoms with Crippen molar-refractivity contribution in [3.63, 3.8) is 0 Å². The smallest absolute Gasteiger partial charge is 0.296 e. The summed E-state index contributed by atoms with van der Waals surface area (Å²) < 4.78 is 11.9. The zero-order valence-corrected chi connectivity index (χ0v) is 24.4. The molecular formula is C30H22ClN3O6S2. The van der Waals surface area contributed by atoms with Gasteiger partial charge in [0.2, 0.25) is 10.9 Å². The molecule has 0 saturated heterocycles. The van der Waals surface area contributed by atoms with Crippen molar-refractivity contribution in [2.24, 2.45) is 0 Å². The molecule has 2 N–H and O–H groups in total. The van der Waals surface area contributed by atoms with E-state index >= 15 is 0 Å². The number of hydrogen-bond acceptors (Lipinski definition) is 10. The van der Waals surface area contributed by atoms with Crippen LogP contribution in [0, 0.1) is 0 Å². The summed E-state index contributed by atoms with van der Waals surface area (Å²) in [5.74, 6) is -1.65. The third kappa shape index (κ3) is 5.11. The monoisotopic (exact) mass is 619 g/mol. The second-order valence-electron chi connectivity index (χ2n) is 9.21. The number of aromatic nitrogens is 2. The first-order chi connectivity index (χ1) is 20.4.